The minimum absolute atomic E-state index is 0.108. The Kier molecular flexibility index (Phi) is 6.90. The molecule has 1 saturated heterocycles. The predicted molar refractivity (Wildman–Crippen MR) is 113 cm³/mol. The van der Waals surface area contributed by atoms with Crippen molar-refractivity contribution in [3.05, 3.63) is 63.7 Å². The number of carbonyl (C=O) groups excluding carboxylic acids is 1. The van der Waals surface area contributed by atoms with E-state index in [2.05, 4.69) is 13.8 Å². The Morgan fingerprint density at radius 2 is 1.72 bits per heavy atom. The summed E-state index contributed by atoms with van der Waals surface area (Å²) in [6, 6.07) is 10.0. The highest BCUT2D eigenvalue weighted by Crippen LogP contribution is 2.36. The number of hydrogen-bond acceptors (Lipinski definition) is 5. The molecule has 1 aliphatic rings. The van der Waals surface area contributed by atoms with Gasteiger partial charge in [-0.25, -0.2) is 0 Å². The lowest BCUT2D eigenvalue weighted by Crippen LogP contribution is -2.50. The Bertz CT molecular complexity index is 969. The van der Waals surface area contributed by atoms with Gasteiger partial charge in [-0.15, -0.1) is 0 Å². The highest BCUT2D eigenvalue weighted by molar-refractivity contribution is 5.78. The number of carbonyl (C=O) groups is 1. The zero-order valence-corrected chi connectivity index (χ0v) is 17.8. The lowest BCUT2D eigenvalue weighted by molar-refractivity contribution is -0.384. The topological polar surface area (TPSA) is 75.9 Å². The van der Waals surface area contributed by atoms with Gasteiger partial charge < -0.3 is 14.5 Å². The van der Waals surface area contributed by atoms with Crippen molar-refractivity contribution >= 4 is 17.3 Å². The van der Waals surface area contributed by atoms with Crippen molar-refractivity contribution in [1.82, 2.24) is 4.90 Å². The number of rotatable bonds is 6. The summed E-state index contributed by atoms with van der Waals surface area (Å²) in [6.07, 6.45) is -4.66. The number of halogens is 3. The van der Waals surface area contributed by atoms with E-state index in [1.807, 2.05) is 24.3 Å². The monoisotopic (exact) mass is 451 g/mol. The number of alkyl halides is 3. The van der Waals surface area contributed by atoms with E-state index >= 15 is 0 Å². The molecule has 0 aliphatic carbocycles. The summed E-state index contributed by atoms with van der Waals surface area (Å²) in [6.45, 7) is 5.12. The fraction of sp³-hybridized carbons (Fsp3) is 0.409. The van der Waals surface area contributed by atoms with Crippen molar-refractivity contribution in [2.45, 2.75) is 25.9 Å². The largest absolute Gasteiger partial charge is 0.484 e. The Hall–Kier alpha value is -3.30. The van der Waals surface area contributed by atoms with Crippen LogP contribution in [-0.4, -0.2) is 48.5 Å². The van der Waals surface area contributed by atoms with Crippen molar-refractivity contribution in [3.8, 4) is 5.75 Å². The molecule has 0 radical (unpaired) electrons. The number of hydrogen-bond donors (Lipinski definition) is 0. The van der Waals surface area contributed by atoms with Crippen molar-refractivity contribution in [2.24, 2.45) is 0 Å². The van der Waals surface area contributed by atoms with Gasteiger partial charge in [0.25, 0.3) is 11.6 Å². The van der Waals surface area contributed by atoms with Crippen molar-refractivity contribution in [2.75, 3.05) is 37.7 Å². The van der Waals surface area contributed by atoms with Gasteiger partial charge in [-0.3, -0.25) is 14.9 Å². The molecule has 1 fully saturated rings. The highest BCUT2D eigenvalue weighted by atomic mass is 19.4. The first-order valence-corrected chi connectivity index (χ1v) is 10.2. The zero-order chi connectivity index (χ0) is 23.5. The average molecular weight is 451 g/mol. The average Bonchev–Trinajstić information content (AvgIpc) is 2.76. The number of nitrogens with zero attached hydrogens (tertiary/aromatic N) is 3. The van der Waals surface area contributed by atoms with Crippen LogP contribution in [0.3, 0.4) is 0 Å². The third kappa shape index (κ3) is 5.49. The fourth-order valence-corrected chi connectivity index (χ4v) is 3.50. The Morgan fingerprint density at radius 3 is 2.25 bits per heavy atom. The summed E-state index contributed by atoms with van der Waals surface area (Å²) in [5.41, 5.74) is -0.401. The number of nitro groups is 1. The van der Waals surface area contributed by atoms with Gasteiger partial charge in [-0.05, 0) is 35.7 Å². The van der Waals surface area contributed by atoms with Crippen molar-refractivity contribution in [3.63, 3.8) is 0 Å². The quantitative estimate of drug-likeness (QED) is 0.479. The molecule has 10 heteroatoms. The number of piperazine rings is 1. The molecule has 0 spiro atoms. The SMILES string of the molecule is CC(C)c1ccc(OCC(=O)N2CCN(c3ccc(C(F)(F)F)cc3[N+](=O)[O-])CC2)cc1. The van der Waals surface area contributed by atoms with E-state index in [-0.39, 0.29) is 44.4 Å². The van der Waals surface area contributed by atoms with Crippen LogP contribution in [0.25, 0.3) is 0 Å². The van der Waals surface area contributed by atoms with E-state index in [0.717, 1.165) is 17.7 Å². The molecule has 32 heavy (non-hydrogen) atoms. The molecule has 0 unspecified atom stereocenters. The maximum absolute atomic E-state index is 12.9. The lowest BCUT2D eigenvalue weighted by Gasteiger charge is -2.35. The first-order valence-electron chi connectivity index (χ1n) is 10.2. The van der Waals surface area contributed by atoms with Gasteiger partial charge in [0.15, 0.2) is 6.61 Å². The summed E-state index contributed by atoms with van der Waals surface area (Å²) < 4.78 is 44.3. The summed E-state index contributed by atoms with van der Waals surface area (Å²) in [4.78, 5) is 26.2. The van der Waals surface area contributed by atoms with E-state index in [0.29, 0.717) is 17.7 Å². The van der Waals surface area contributed by atoms with Crippen LogP contribution in [0, 0.1) is 10.1 Å². The van der Waals surface area contributed by atoms with Crippen LogP contribution in [0.2, 0.25) is 0 Å². The molecular formula is C22H24F3N3O4. The van der Waals surface area contributed by atoms with Crippen LogP contribution in [0.15, 0.2) is 42.5 Å². The summed E-state index contributed by atoms with van der Waals surface area (Å²) >= 11 is 0. The smallest absolute Gasteiger partial charge is 0.416 e. The number of nitro benzene ring substituents is 1. The molecule has 0 N–H and O–H groups in total. The van der Waals surface area contributed by atoms with E-state index in [4.69, 9.17) is 4.74 Å². The number of ether oxygens (including phenoxy) is 1. The third-order valence-corrected chi connectivity index (χ3v) is 5.38. The normalized spacial score (nSPS) is 14.6. The molecule has 3 rings (SSSR count). The van der Waals surface area contributed by atoms with E-state index in [1.165, 1.54) is 0 Å². The Balaban J connectivity index is 1.58. The minimum atomic E-state index is -4.66. The molecule has 7 nitrogen and oxygen atoms in total. The van der Waals surface area contributed by atoms with E-state index in [9.17, 15) is 28.1 Å². The third-order valence-electron chi connectivity index (χ3n) is 5.38. The molecule has 1 aliphatic heterocycles. The van der Waals surface area contributed by atoms with Gasteiger partial charge in [-0.2, -0.15) is 13.2 Å². The standard InChI is InChI=1S/C22H24F3N3O4/c1-15(2)16-3-6-18(7-4-16)32-14-21(29)27-11-9-26(10-12-27)19-8-5-17(22(23,24)25)13-20(19)28(30)31/h3-8,13,15H,9-12,14H2,1-2H3. The second-order valence-corrected chi connectivity index (χ2v) is 7.84. The van der Waals surface area contributed by atoms with Crippen molar-refractivity contribution < 1.29 is 27.6 Å². The van der Waals surface area contributed by atoms with Gasteiger partial charge in [0.2, 0.25) is 0 Å². The molecule has 172 valence electrons. The molecule has 1 heterocycles. The van der Waals surface area contributed by atoms with Crippen LogP contribution < -0.4 is 9.64 Å². The van der Waals surface area contributed by atoms with Crippen LogP contribution in [0.5, 0.6) is 5.75 Å². The maximum Gasteiger partial charge on any atom is 0.416 e. The van der Waals surface area contributed by atoms with Gasteiger partial charge in [-0.1, -0.05) is 26.0 Å². The highest BCUT2D eigenvalue weighted by Gasteiger charge is 2.34. The maximum atomic E-state index is 12.9. The summed E-state index contributed by atoms with van der Waals surface area (Å²) in [5, 5.41) is 11.3. The van der Waals surface area contributed by atoms with Gasteiger partial charge in [0.1, 0.15) is 11.4 Å². The molecule has 0 saturated carbocycles. The summed E-state index contributed by atoms with van der Waals surface area (Å²) in [5.74, 6) is 0.753. The van der Waals surface area contributed by atoms with Gasteiger partial charge >= 0.3 is 6.18 Å². The molecular weight excluding hydrogens is 427 g/mol. The number of anilines is 1. The van der Waals surface area contributed by atoms with E-state index < -0.39 is 22.4 Å². The molecule has 1 amide bonds. The van der Waals surface area contributed by atoms with Crippen LogP contribution >= 0.6 is 0 Å². The Morgan fingerprint density at radius 1 is 1.09 bits per heavy atom. The molecule has 0 atom stereocenters. The first kappa shape index (κ1) is 23.4. The Labute approximate surface area is 183 Å². The van der Waals surface area contributed by atoms with E-state index in [1.54, 1.807) is 9.80 Å². The fourth-order valence-electron chi connectivity index (χ4n) is 3.50. The molecule has 0 bridgehead atoms. The minimum Gasteiger partial charge on any atom is -0.484 e. The summed E-state index contributed by atoms with van der Waals surface area (Å²) in [7, 11) is 0. The first-order chi connectivity index (χ1) is 15.1. The van der Waals surface area contributed by atoms with Crippen LogP contribution in [0.1, 0.15) is 30.9 Å². The number of benzene rings is 2. The lowest BCUT2D eigenvalue weighted by atomic mass is 10.0. The number of amides is 1. The van der Waals surface area contributed by atoms with Crippen LogP contribution in [-0.2, 0) is 11.0 Å². The second-order valence-electron chi connectivity index (χ2n) is 7.84. The zero-order valence-electron chi connectivity index (χ0n) is 17.8. The van der Waals surface area contributed by atoms with Gasteiger partial charge in [0.05, 0.1) is 10.5 Å². The van der Waals surface area contributed by atoms with Crippen molar-refractivity contribution in [1.29, 1.82) is 0 Å². The molecule has 0 aromatic heterocycles. The van der Waals surface area contributed by atoms with Crippen LogP contribution in [0.4, 0.5) is 24.5 Å². The van der Waals surface area contributed by atoms with Gasteiger partial charge in [0, 0.05) is 32.2 Å². The predicted octanol–water partition coefficient (Wildman–Crippen LogP) is 4.46. The molecule has 2 aromatic rings. The molecule has 2 aromatic carbocycles. The second kappa shape index (κ2) is 9.46.